The maximum atomic E-state index is 13.2. The van der Waals surface area contributed by atoms with E-state index in [-0.39, 0.29) is 5.82 Å². The highest BCUT2D eigenvalue weighted by Gasteiger charge is 2.10. The van der Waals surface area contributed by atoms with E-state index in [4.69, 9.17) is 0 Å². The minimum atomic E-state index is -0.238. The average Bonchev–Trinajstić information content (AvgIpc) is 2.52. The summed E-state index contributed by atoms with van der Waals surface area (Å²) >= 11 is 0. The predicted molar refractivity (Wildman–Crippen MR) is 94.0 cm³/mol. The molecule has 0 saturated carbocycles. The third-order valence-electron chi connectivity index (χ3n) is 3.79. The number of nitrogens with zero attached hydrogens (tertiary/aromatic N) is 3. The second-order valence-corrected chi connectivity index (χ2v) is 5.55. The molecule has 0 aliphatic heterocycles. The molecule has 4 nitrogen and oxygen atoms in total. The SMILES string of the molecule is CCCc1cc(N(CC)CC)nc(Nc2ccc(F)cc2C)n1. The number of halogens is 1. The zero-order valence-electron chi connectivity index (χ0n) is 14.4. The molecular weight excluding hydrogens is 291 g/mol. The lowest BCUT2D eigenvalue weighted by atomic mass is 10.2. The van der Waals surface area contributed by atoms with Gasteiger partial charge in [0.1, 0.15) is 11.6 Å². The standard InChI is InChI=1S/C18H25FN4/c1-5-8-15-12-17(23(6-2)7-3)22-18(20-15)21-16-10-9-14(19)11-13(16)4/h9-12H,5-8H2,1-4H3,(H,20,21,22). The summed E-state index contributed by atoms with van der Waals surface area (Å²) in [6.07, 6.45) is 1.94. The molecule has 0 atom stereocenters. The quantitative estimate of drug-likeness (QED) is 0.818. The van der Waals surface area contributed by atoms with Crippen LogP contribution in [0.1, 0.15) is 38.4 Å². The molecular formula is C18H25FN4. The van der Waals surface area contributed by atoms with E-state index in [1.807, 2.05) is 6.92 Å². The van der Waals surface area contributed by atoms with Crippen molar-refractivity contribution in [2.75, 3.05) is 23.3 Å². The Bertz CT molecular complexity index is 653. The van der Waals surface area contributed by atoms with Crippen molar-refractivity contribution in [1.29, 1.82) is 0 Å². The predicted octanol–water partition coefficient (Wildman–Crippen LogP) is 4.47. The molecule has 0 radical (unpaired) electrons. The Balaban J connectivity index is 2.36. The van der Waals surface area contributed by atoms with Gasteiger partial charge in [-0.2, -0.15) is 4.98 Å². The summed E-state index contributed by atoms with van der Waals surface area (Å²) in [5.74, 6) is 1.25. The highest BCUT2D eigenvalue weighted by atomic mass is 19.1. The maximum Gasteiger partial charge on any atom is 0.229 e. The zero-order chi connectivity index (χ0) is 16.8. The monoisotopic (exact) mass is 316 g/mol. The van der Waals surface area contributed by atoms with Crippen LogP contribution in [0.2, 0.25) is 0 Å². The normalized spacial score (nSPS) is 10.7. The van der Waals surface area contributed by atoms with Crippen molar-refractivity contribution < 1.29 is 4.39 Å². The Morgan fingerprint density at radius 1 is 1.09 bits per heavy atom. The Morgan fingerprint density at radius 2 is 1.83 bits per heavy atom. The highest BCUT2D eigenvalue weighted by Crippen LogP contribution is 2.22. The van der Waals surface area contributed by atoms with Crippen LogP contribution >= 0.6 is 0 Å². The van der Waals surface area contributed by atoms with Gasteiger partial charge in [0.2, 0.25) is 5.95 Å². The van der Waals surface area contributed by atoms with Crippen molar-refractivity contribution in [2.45, 2.75) is 40.5 Å². The first-order chi connectivity index (χ1) is 11.1. The van der Waals surface area contributed by atoms with Crippen LogP contribution in [0.15, 0.2) is 24.3 Å². The third kappa shape index (κ3) is 4.41. The third-order valence-corrected chi connectivity index (χ3v) is 3.79. The van der Waals surface area contributed by atoms with E-state index in [1.165, 1.54) is 12.1 Å². The van der Waals surface area contributed by atoms with Gasteiger partial charge in [0.25, 0.3) is 0 Å². The molecule has 0 spiro atoms. The fraction of sp³-hybridized carbons (Fsp3) is 0.444. The number of aryl methyl sites for hydroxylation is 2. The largest absolute Gasteiger partial charge is 0.357 e. The number of hydrogen-bond donors (Lipinski definition) is 1. The minimum absolute atomic E-state index is 0.238. The van der Waals surface area contributed by atoms with Gasteiger partial charge in [0.15, 0.2) is 0 Å². The molecule has 2 aromatic rings. The van der Waals surface area contributed by atoms with E-state index in [0.717, 1.165) is 48.7 Å². The van der Waals surface area contributed by atoms with E-state index >= 15 is 0 Å². The van der Waals surface area contributed by atoms with Crippen LogP contribution in [0.4, 0.5) is 21.8 Å². The fourth-order valence-corrected chi connectivity index (χ4v) is 2.52. The minimum Gasteiger partial charge on any atom is -0.357 e. The van der Waals surface area contributed by atoms with Crippen molar-refractivity contribution in [3.8, 4) is 0 Å². The molecule has 23 heavy (non-hydrogen) atoms. The molecule has 124 valence electrons. The molecule has 2 rings (SSSR count). The molecule has 5 heteroatoms. The molecule has 1 aromatic heterocycles. The topological polar surface area (TPSA) is 41.1 Å². The average molecular weight is 316 g/mol. The first-order valence-corrected chi connectivity index (χ1v) is 8.23. The fourth-order valence-electron chi connectivity index (χ4n) is 2.52. The molecule has 0 fully saturated rings. The van der Waals surface area contributed by atoms with Crippen molar-refractivity contribution in [3.05, 3.63) is 41.3 Å². The summed E-state index contributed by atoms with van der Waals surface area (Å²) in [6, 6.07) is 6.72. The molecule has 0 aliphatic rings. The first-order valence-electron chi connectivity index (χ1n) is 8.23. The first kappa shape index (κ1) is 17.2. The summed E-state index contributed by atoms with van der Waals surface area (Å²) in [7, 11) is 0. The second kappa shape index (κ2) is 7.90. The molecule has 0 bridgehead atoms. The van der Waals surface area contributed by atoms with Gasteiger partial charge in [-0.05, 0) is 51.0 Å². The molecule has 1 N–H and O–H groups in total. The summed E-state index contributed by atoms with van der Waals surface area (Å²) in [4.78, 5) is 11.4. The Kier molecular flexibility index (Phi) is 5.90. The number of rotatable bonds is 7. The molecule has 1 aromatic carbocycles. The van der Waals surface area contributed by atoms with Crippen LogP contribution in [0.3, 0.4) is 0 Å². The van der Waals surface area contributed by atoms with Gasteiger partial charge in [0, 0.05) is 30.5 Å². The highest BCUT2D eigenvalue weighted by molar-refractivity contribution is 5.59. The van der Waals surface area contributed by atoms with E-state index in [2.05, 4.69) is 47.0 Å². The van der Waals surface area contributed by atoms with Crippen molar-refractivity contribution in [3.63, 3.8) is 0 Å². The van der Waals surface area contributed by atoms with Crippen molar-refractivity contribution in [1.82, 2.24) is 9.97 Å². The number of aromatic nitrogens is 2. The number of benzene rings is 1. The Hall–Kier alpha value is -2.17. The smallest absolute Gasteiger partial charge is 0.229 e. The van der Waals surface area contributed by atoms with Gasteiger partial charge in [-0.15, -0.1) is 0 Å². The lowest BCUT2D eigenvalue weighted by molar-refractivity contribution is 0.627. The van der Waals surface area contributed by atoms with Crippen LogP contribution in [0, 0.1) is 12.7 Å². The van der Waals surface area contributed by atoms with E-state index in [1.54, 1.807) is 6.07 Å². The maximum absolute atomic E-state index is 13.2. The lowest BCUT2D eigenvalue weighted by Crippen LogP contribution is -2.23. The molecule has 1 heterocycles. The molecule has 0 saturated heterocycles. The van der Waals surface area contributed by atoms with Crippen LogP contribution in [0.25, 0.3) is 0 Å². The van der Waals surface area contributed by atoms with Gasteiger partial charge in [0.05, 0.1) is 0 Å². The van der Waals surface area contributed by atoms with Crippen molar-refractivity contribution in [2.24, 2.45) is 0 Å². The number of hydrogen-bond acceptors (Lipinski definition) is 4. The second-order valence-electron chi connectivity index (χ2n) is 5.55. The molecule has 0 aliphatic carbocycles. The van der Waals surface area contributed by atoms with Crippen LogP contribution in [-0.2, 0) is 6.42 Å². The summed E-state index contributed by atoms with van der Waals surface area (Å²) in [6.45, 7) is 10.0. The Labute approximate surface area is 137 Å². The Morgan fingerprint density at radius 3 is 2.43 bits per heavy atom. The summed E-state index contributed by atoms with van der Waals surface area (Å²) < 4.78 is 13.2. The van der Waals surface area contributed by atoms with Crippen molar-refractivity contribution >= 4 is 17.5 Å². The van der Waals surface area contributed by atoms with Gasteiger partial charge < -0.3 is 10.2 Å². The zero-order valence-corrected chi connectivity index (χ0v) is 14.4. The van der Waals surface area contributed by atoms with E-state index in [0.29, 0.717) is 5.95 Å². The number of anilines is 3. The number of nitrogens with one attached hydrogen (secondary N) is 1. The van der Waals surface area contributed by atoms with Crippen LogP contribution in [0.5, 0.6) is 0 Å². The summed E-state index contributed by atoms with van der Waals surface area (Å²) in [5.41, 5.74) is 2.68. The van der Waals surface area contributed by atoms with Crippen LogP contribution < -0.4 is 10.2 Å². The summed E-state index contributed by atoms with van der Waals surface area (Å²) in [5, 5.41) is 3.23. The van der Waals surface area contributed by atoms with Gasteiger partial charge in [-0.25, -0.2) is 9.37 Å². The van der Waals surface area contributed by atoms with Gasteiger partial charge in [-0.3, -0.25) is 0 Å². The molecule has 0 amide bonds. The van der Waals surface area contributed by atoms with E-state index < -0.39 is 0 Å². The van der Waals surface area contributed by atoms with Gasteiger partial charge >= 0.3 is 0 Å². The molecule has 0 unspecified atom stereocenters. The van der Waals surface area contributed by atoms with Crippen LogP contribution in [-0.4, -0.2) is 23.1 Å². The van der Waals surface area contributed by atoms with E-state index in [9.17, 15) is 4.39 Å². The lowest BCUT2D eigenvalue weighted by Gasteiger charge is -2.21. The van der Waals surface area contributed by atoms with Gasteiger partial charge in [-0.1, -0.05) is 13.3 Å².